The quantitative estimate of drug-likeness (QED) is 0.395. The zero-order valence-electron chi connectivity index (χ0n) is 18.5. The standard InChI is InChI=1S/C27H24F2N4O/c28-21-8-9-22(20(15-21)16-23(29)18-5-2-1-3-6-18)26-31-17-24(32-26)27(34)33-14-4-7-25(33)19-10-12-30-13-11-19/h1-3,5-6,8-13,15,17,23,25H,4,7,14,16H2,(H,31,32). The van der Waals surface area contributed by atoms with Crippen LogP contribution in [0.2, 0.25) is 0 Å². The van der Waals surface area contributed by atoms with Crippen molar-refractivity contribution in [3.05, 3.63) is 107 Å². The van der Waals surface area contributed by atoms with Gasteiger partial charge in [0, 0.05) is 30.9 Å². The summed E-state index contributed by atoms with van der Waals surface area (Å²) in [5, 5.41) is 0. The third kappa shape index (κ3) is 4.46. The van der Waals surface area contributed by atoms with Gasteiger partial charge in [0.15, 0.2) is 0 Å². The highest BCUT2D eigenvalue weighted by molar-refractivity contribution is 5.93. The molecule has 0 bridgehead atoms. The average molecular weight is 459 g/mol. The van der Waals surface area contributed by atoms with Gasteiger partial charge in [0.2, 0.25) is 0 Å². The van der Waals surface area contributed by atoms with Crippen molar-refractivity contribution in [3.63, 3.8) is 0 Å². The minimum absolute atomic E-state index is 0.00265. The molecule has 0 spiro atoms. The summed E-state index contributed by atoms with van der Waals surface area (Å²) < 4.78 is 29.0. The van der Waals surface area contributed by atoms with E-state index in [1.165, 1.54) is 18.3 Å². The van der Waals surface area contributed by atoms with E-state index in [-0.39, 0.29) is 18.4 Å². The minimum Gasteiger partial charge on any atom is -0.334 e. The predicted octanol–water partition coefficient (Wildman–Crippen LogP) is 5.84. The monoisotopic (exact) mass is 458 g/mol. The molecule has 2 atom stereocenters. The lowest BCUT2D eigenvalue weighted by Gasteiger charge is -2.24. The van der Waals surface area contributed by atoms with Crippen molar-refractivity contribution in [2.45, 2.75) is 31.5 Å². The SMILES string of the molecule is O=C(c1cnc(-c2ccc(F)cc2CC(F)c2ccccc2)[nH]1)N1CCCC1c1ccncc1. The molecule has 172 valence electrons. The Morgan fingerprint density at radius 2 is 1.91 bits per heavy atom. The largest absolute Gasteiger partial charge is 0.334 e. The average Bonchev–Trinajstić information content (AvgIpc) is 3.55. The van der Waals surface area contributed by atoms with Crippen molar-refractivity contribution in [1.82, 2.24) is 19.9 Å². The van der Waals surface area contributed by atoms with Crippen LogP contribution in [0.1, 0.15) is 52.2 Å². The topological polar surface area (TPSA) is 61.9 Å². The Morgan fingerprint density at radius 3 is 2.71 bits per heavy atom. The molecule has 2 aromatic carbocycles. The first-order chi connectivity index (χ1) is 16.6. The van der Waals surface area contributed by atoms with Gasteiger partial charge in [0.25, 0.3) is 5.91 Å². The third-order valence-electron chi connectivity index (χ3n) is 6.29. The number of amides is 1. The van der Waals surface area contributed by atoms with E-state index in [4.69, 9.17) is 0 Å². The Hall–Kier alpha value is -3.87. The lowest BCUT2D eigenvalue weighted by Crippen LogP contribution is -2.30. The fraction of sp³-hybridized carbons (Fsp3) is 0.222. The molecule has 1 fully saturated rings. The summed E-state index contributed by atoms with van der Waals surface area (Å²) in [5.41, 5.74) is 3.00. The number of nitrogens with one attached hydrogen (secondary N) is 1. The number of H-pyrrole nitrogens is 1. The second-order valence-electron chi connectivity index (χ2n) is 8.47. The number of halogens is 2. The molecule has 2 aromatic heterocycles. The van der Waals surface area contributed by atoms with Crippen LogP contribution in [0.25, 0.3) is 11.4 Å². The Kier molecular flexibility index (Phi) is 6.16. The van der Waals surface area contributed by atoms with Gasteiger partial charge in [0.05, 0.1) is 12.2 Å². The molecular formula is C27H24F2N4O. The second-order valence-corrected chi connectivity index (χ2v) is 8.47. The van der Waals surface area contributed by atoms with Gasteiger partial charge >= 0.3 is 0 Å². The molecule has 1 aliphatic heterocycles. The van der Waals surface area contributed by atoms with Crippen LogP contribution < -0.4 is 0 Å². The highest BCUT2D eigenvalue weighted by Crippen LogP contribution is 2.33. The summed E-state index contributed by atoms with van der Waals surface area (Å²) in [6.45, 7) is 0.655. The molecule has 0 aliphatic carbocycles. The first-order valence-electron chi connectivity index (χ1n) is 11.3. The smallest absolute Gasteiger partial charge is 0.272 e. The van der Waals surface area contributed by atoms with Crippen LogP contribution in [0.3, 0.4) is 0 Å². The van der Waals surface area contributed by atoms with Crippen molar-refractivity contribution in [1.29, 1.82) is 0 Å². The maximum absolute atomic E-state index is 15.0. The van der Waals surface area contributed by atoms with Gasteiger partial charge in [-0.25, -0.2) is 13.8 Å². The fourth-order valence-corrected chi connectivity index (χ4v) is 4.60. The highest BCUT2D eigenvalue weighted by Gasteiger charge is 2.31. The van der Waals surface area contributed by atoms with Crippen LogP contribution in [-0.4, -0.2) is 32.3 Å². The zero-order valence-corrected chi connectivity index (χ0v) is 18.5. The van der Waals surface area contributed by atoms with E-state index in [1.807, 2.05) is 23.1 Å². The molecule has 1 aliphatic rings. The van der Waals surface area contributed by atoms with E-state index in [2.05, 4.69) is 15.0 Å². The number of hydrogen-bond acceptors (Lipinski definition) is 3. The second kappa shape index (κ2) is 9.55. The van der Waals surface area contributed by atoms with Gasteiger partial charge in [-0.1, -0.05) is 30.3 Å². The predicted molar refractivity (Wildman–Crippen MR) is 125 cm³/mol. The number of aromatic amines is 1. The van der Waals surface area contributed by atoms with Gasteiger partial charge in [-0.15, -0.1) is 0 Å². The van der Waals surface area contributed by atoms with E-state index in [0.717, 1.165) is 18.4 Å². The van der Waals surface area contributed by atoms with Gasteiger partial charge in [-0.3, -0.25) is 9.78 Å². The molecule has 1 N–H and O–H groups in total. The van der Waals surface area contributed by atoms with E-state index in [9.17, 15) is 13.6 Å². The summed E-state index contributed by atoms with van der Waals surface area (Å²) in [7, 11) is 0. The first-order valence-corrected chi connectivity index (χ1v) is 11.3. The van der Waals surface area contributed by atoms with Gasteiger partial charge < -0.3 is 9.88 Å². The molecule has 4 aromatic rings. The summed E-state index contributed by atoms with van der Waals surface area (Å²) in [6.07, 6.45) is 5.47. The molecule has 1 saturated heterocycles. The summed E-state index contributed by atoms with van der Waals surface area (Å²) in [4.78, 5) is 26.7. The maximum Gasteiger partial charge on any atom is 0.272 e. The van der Waals surface area contributed by atoms with Gasteiger partial charge in [0.1, 0.15) is 23.5 Å². The minimum atomic E-state index is -1.29. The number of carbonyl (C=O) groups excluding carboxylic acids is 1. The molecule has 0 saturated carbocycles. The molecule has 2 unspecified atom stereocenters. The third-order valence-corrected chi connectivity index (χ3v) is 6.29. The number of hydrogen-bond donors (Lipinski definition) is 1. The van der Waals surface area contributed by atoms with Crippen molar-refractivity contribution >= 4 is 5.91 Å². The zero-order chi connectivity index (χ0) is 23.5. The molecule has 0 radical (unpaired) electrons. The Balaban J connectivity index is 1.40. The van der Waals surface area contributed by atoms with Crippen LogP contribution in [-0.2, 0) is 6.42 Å². The number of rotatable bonds is 6. The lowest BCUT2D eigenvalue weighted by molar-refractivity contribution is 0.0730. The molecule has 7 heteroatoms. The summed E-state index contributed by atoms with van der Waals surface area (Å²) in [5.74, 6) is -0.174. The molecule has 5 nitrogen and oxygen atoms in total. The van der Waals surface area contributed by atoms with Crippen LogP contribution in [0.15, 0.2) is 79.3 Å². The Morgan fingerprint density at radius 1 is 1.12 bits per heavy atom. The molecular weight excluding hydrogens is 434 g/mol. The van der Waals surface area contributed by atoms with Crippen molar-refractivity contribution in [2.75, 3.05) is 6.54 Å². The first kappa shape index (κ1) is 21.9. The van der Waals surface area contributed by atoms with E-state index < -0.39 is 12.0 Å². The number of imidazole rings is 1. The van der Waals surface area contributed by atoms with Gasteiger partial charge in [-0.05, 0) is 59.9 Å². The number of alkyl halides is 1. The molecule has 1 amide bonds. The van der Waals surface area contributed by atoms with Crippen LogP contribution in [0, 0.1) is 5.82 Å². The van der Waals surface area contributed by atoms with E-state index >= 15 is 0 Å². The number of pyridine rings is 1. The van der Waals surface area contributed by atoms with Crippen LogP contribution in [0.4, 0.5) is 8.78 Å². The highest BCUT2D eigenvalue weighted by atomic mass is 19.1. The van der Waals surface area contributed by atoms with E-state index in [1.54, 1.807) is 42.7 Å². The number of aromatic nitrogens is 3. The Bertz CT molecular complexity index is 1280. The van der Waals surface area contributed by atoms with E-state index in [0.29, 0.717) is 34.8 Å². The molecule has 3 heterocycles. The Labute approximate surface area is 196 Å². The van der Waals surface area contributed by atoms with Crippen molar-refractivity contribution in [2.24, 2.45) is 0 Å². The van der Waals surface area contributed by atoms with Crippen molar-refractivity contribution in [3.8, 4) is 11.4 Å². The summed E-state index contributed by atoms with van der Waals surface area (Å²) in [6, 6.07) is 16.9. The normalized spacial score (nSPS) is 16.5. The fourth-order valence-electron chi connectivity index (χ4n) is 4.60. The van der Waals surface area contributed by atoms with Crippen LogP contribution >= 0.6 is 0 Å². The number of carbonyl (C=O) groups is 1. The van der Waals surface area contributed by atoms with Crippen LogP contribution in [0.5, 0.6) is 0 Å². The molecule has 5 rings (SSSR count). The summed E-state index contributed by atoms with van der Waals surface area (Å²) >= 11 is 0. The number of benzene rings is 2. The van der Waals surface area contributed by atoms with Crippen molar-refractivity contribution < 1.29 is 13.6 Å². The number of likely N-dealkylation sites (tertiary alicyclic amines) is 1. The maximum atomic E-state index is 15.0. The number of nitrogens with zero attached hydrogens (tertiary/aromatic N) is 3. The lowest BCUT2D eigenvalue weighted by atomic mass is 9.98. The van der Waals surface area contributed by atoms with Gasteiger partial charge in [-0.2, -0.15) is 0 Å². The molecule has 34 heavy (non-hydrogen) atoms.